The second-order valence-corrected chi connectivity index (χ2v) is 4.74. The van der Waals surface area contributed by atoms with Crippen molar-refractivity contribution >= 4 is 11.9 Å². The van der Waals surface area contributed by atoms with Gasteiger partial charge in [0.1, 0.15) is 0 Å². The second kappa shape index (κ2) is 4.69. The third-order valence-corrected chi connectivity index (χ3v) is 3.48. The second-order valence-electron chi connectivity index (χ2n) is 4.74. The van der Waals surface area contributed by atoms with Gasteiger partial charge in [0.05, 0.1) is 0 Å². The van der Waals surface area contributed by atoms with Crippen LogP contribution in [0.1, 0.15) is 30.8 Å². The minimum absolute atomic E-state index is 0.0567. The maximum atomic E-state index is 10.8. The molecule has 1 fully saturated rings. The smallest absolute Gasteiger partial charge is 0.354 e. The molecule has 1 aromatic heterocycles. The van der Waals surface area contributed by atoms with Crippen LogP contribution in [-0.4, -0.2) is 34.1 Å². The molecule has 1 aliphatic heterocycles. The first-order chi connectivity index (χ1) is 8.08. The van der Waals surface area contributed by atoms with Crippen LogP contribution in [0.25, 0.3) is 0 Å². The van der Waals surface area contributed by atoms with Gasteiger partial charge in [-0.1, -0.05) is 13.8 Å². The van der Waals surface area contributed by atoms with E-state index in [4.69, 9.17) is 5.11 Å². The van der Waals surface area contributed by atoms with E-state index in [2.05, 4.69) is 28.7 Å². The summed E-state index contributed by atoms with van der Waals surface area (Å²) in [6, 6.07) is 1.42. The molecule has 5 heteroatoms. The molecule has 0 bridgehead atoms. The normalized spacial score (nSPS) is 24.7. The quantitative estimate of drug-likeness (QED) is 0.844. The predicted octanol–water partition coefficient (Wildman–Crippen LogP) is 1.66. The average molecular weight is 235 g/mol. The Hall–Kier alpha value is -1.65. The van der Waals surface area contributed by atoms with E-state index >= 15 is 0 Å². The van der Waals surface area contributed by atoms with Crippen molar-refractivity contribution in [3.05, 3.63) is 18.0 Å². The Morgan fingerprint density at radius 2 is 2.24 bits per heavy atom. The highest BCUT2D eigenvalue weighted by Crippen LogP contribution is 2.24. The molecule has 1 aromatic rings. The molecule has 0 amide bonds. The zero-order valence-electron chi connectivity index (χ0n) is 10.1. The first-order valence-corrected chi connectivity index (χ1v) is 5.89. The third-order valence-electron chi connectivity index (χ3n) is 3.48. The molecular formula is C12H17N3O2. The van der Waals surface area contributed by atoms with Gasteiger partial charge >= 0.3 is 5.97 Å². The summed E-state index contributed by atoms with van der Waals surface area (Å²) in [4.78, 5) is 21.1. The average Bonchev–Trinajstić information content (AvgIpc) is 2.33. The van der Waals surface area contributed by atoms with Crippen LogP contribution in [-0.2, 0) is 0 Å². The summed E-state index contributed by atoms with van der Waals surface area (Å²) in [7, 11) is 0. The molecule has 2 unspecified atom stereocenters. The Balaban J connectivity index is 2.17. The lowest BCUT2D eigenvalue weighted by Crippen LogP contribution is -2.39. The number of hydrogen-bond acceptors (Lipinski definition) is 4. The van der Waals surface area contributed by atoms with Crippen LogP contribution in [0.15, 0.2) is 12.3 Å². The van der Waals surface area contributed by atoms with Gasteiger partial charge in [0.25, 0.3) is 0 Å². The van der Waals surface area contributed by atoms with Crippen LogP contribution in [0.2, 0.25) is 0 Å². The van der Waals surface area contributed by atoms with Crippen LogP contribution in [0, 0.1) is 11.8 Å². The van der Waals surface area contributed by atoms with Gasteiger partial charge in [0.15, 0.2) is 5.69 Å². The molecule has 0 saturated carbocycles. The van der Waals surface area contributed by atoms with Gasteiger partial charge in [-0.3, -0.25) is 0 Å². The van der Waals surface area contributed by atoms with E-state index in [0.29, 0.717) is 17.8 Å². The Bertz CT molecular complexity index is 422. The third kappa shape index (κ3) is 2.54. The van der Waals surface area contributed by atoms with Gasteiger partial charge in [-0.25, -0.2) is 14.8 Å². The van der Waals surface area contributed by atoms with Gasteiger partial charge in [-0.05, 0) is 24.3 Å². The van der Waals surface area contributed by atoms with E-state index in [0.717, 1.165) is 19.5 Å². The fraction of sp³-hybridized carbons (Fsp3) is 0.583. The standard InChI is InChI=1S/C12H17N3O2/c1-8-4-6-15(7-9(8)2)12-13-5-3-10(14-12)11(16)17/h3,5,8-9H,4,6-7H2,1-2H3,(H,16,17). The topological polar surface area (TPSA) is 66.3 Å². The monoisotopic (exact) mass is 235 g/mol. The first kappa shape index (κ1) is 11.8. The summed E-state index contributed by atoms with van der Waals surface area (Å²) in [6.07, 6.45) is 2.61. The Labute approximate surface area is 100 Å². The van der Waals surface area contributed by atoms with Gasteiger partial charge in [0.2, 0.25) is 5.95 Å². The van der Waals surface area contributed by atoms with Gasteiger partial charge in [0, 0.05) is 19.3 Å². The first-order valence-electron chi connectivity index (χ1n) is 5.89. The van der Waals surface area contributed by atoms with Crippen molar-refractivity contribution in [3.63, 3.8) is 0 Å². The number of aromatic nitrogens is 2. The van der Waals surface area contributed by atoms with Gasteiger partial charge in [-0.2, -0.15) is 0 Å². The molecule has 0 aromatic carbocycles. The number of hydrogen-bond donors (Lipinski definition) is 1. The Morgan fingerprint density at radius 3 is 2.88 bits per heavy atom. The summed E-state index contributed by atoms with van der Waals surface area (Å²) in [5.74, 6) is 0.811. The van der Waals surface area contributed by atoms with Crippen molar-refractivity contribution in [1.29, 1.82) is 0 Å². The summed E-state index contributed by atoms with van der Waals surface area (Å²) in [5.41, 5.74) is 0.0567. The van der Waals surface area contributed by atoms with E-state index in [1.54, 1.807) is 0 Å². The molecule has 17 heavy (non-hydrogen) atoms. The lowest BCUT2D eigenvalue weighted by molar-refractivity contribution is 0.0690. The molecule has 2 rings (SSSR count). The molecule has 0 radical (unpaired) electrons. The SMILES string of the molecule is CC1CCN(c2nccc(C(=O)O)n2)CC1C. The molecular weight excluding hydrogens is 218 g/mol. The zero-order valence-corrected chi connectivity index (χ0v) is 10.1. The lowest BCUT2D eigenvalue weighted by Gasteiger charge is -2.35. The molecule has 5 nitrogen and oxygen atoms in total. The maximum Gasteiger partial charge on any atom is 0.354 e. The highest BCUT2D eigenvalue weighted by molar-refractivity contribution is 5.85. The van der Waals surface area contributed by atoms with E-state index in [1.165, 1.54) is 12.3 Å². The number of carbonyl (C=O) groups is 1. The van der Waals surface area contributed by atoms with Crippen LogP contribution in [0.4, 0.5) is 5.95 Å². The molecule has 2 heterocycles. The number of carboxylic acids is 1. The maximum absolute atomic E-state index is 10.8. The lowest BCUT2D eigenvalue weighted by atomic mass is 9.89. The van der Waals surface area contributed by atoms with E-state index in [1.807, 2.05) is 0 Å². The number of carboxylic acid groups (broad SMARTS) is 1. The van der Waals surface area contributed by atoms with Crippen molar-refractivity contribution in [1.82, 2.24) is 9.97 Å². The van der Waals surface area contributed by atoms with Crippen molar-refractivity contribution in [3.8, 4) is 0 Å². The fourth-order valence-corrected chi connectivity index (χ4v) is 2.06. The van der Waals surface area contributed by atoms with Crippen LogP contribution >= 0.6 is 0 Å². The zero-order chi connectivity index (χ0) is 12.4. The summed E-state index contributed by atoms with van der Waals surface area (Å²) in [5, 5.41) is 8.89. The number of rotatable bonds is 2. The molecule has 1 N–H and O–H groups in total. The van der Waals surface area contributed by atoms with Crippen molar-refractivity contribution in [2.45, 2.75) is 20.3 Å². The minimum Gasteiger partial charge on any atom is -0.477 e. The van der Waals surface area contributed by atoms with Gasteiger partial charge in [-0.15, -0.1) is 0 Å². The number of aromatic carboxylic acids is 1. The number of nitrogens with zero attached hydrogens (tertiary/aromatic N) is 3. The minimum atomic E-state index is -1.01. The van der Waals surface area contributed by atoms with Crippen LogP contribution in [0.5, 0.6) is 0 Å². The van der Waals surface area contributed by atoms with E-state index in [-0.39, 0.29) is 5.69 Å². The van der Waals surface area contributed by atoms with Crippen molar-refractivity contribution in [2.24, 2.45) is 11.8 Å². The van der Waals surface area contributed by atoms with Crippen LogP contribution < -0.4 is 4.90 Å². The largest absolute Gasteiger partial charge is 0.477 e. The van der Waals surface area contributed by atoms with E-state index < -0.39 is 5.97 Å². The fourth-order valence-electron chi connectivity index (χ4n) is 2.06. The summed E-state index contributed by atoms with van der Waals surface area (Å²) >= 11 is 0. The number of piperidine rings is 1. The summed E-state index contributed by atoms with van der Waals surface area (Å²) < 4.78 is 0. The number of anilines is 1. The molecule has 1 aliphatic rings. The molecule has 0 aliphatic carbocycles. The van der Waals surface area contributed by atoms with Crippen molar-refractivity contribution in [2.75, 3.05) is 18.0 Å². The predicted molar refractivity (Wildman–Crippen MR) is 64.1 cm³/mol. The van der Waals surface area contributed by atoms with E-state index in [9.17, 15) is 4.79 Å². The summed E-state index contributed by atoms with van der Waals surface area (Å²) in [6.45, 7) is 6.24. The molecule has 0 spiro atoms. The van der Waals surface area contributed by atoms with Gasteiger partial charge < -0.3 is 10.0 Å². The highest BCUT2D eigenvalue weighted by Gasteiger charge is 2.24. The molecule has 92 valence electrons. The molecule has 2 atom stereocenters. The Morgan fingerprint density at radius 1 is 1.47 bits per heavy atom. The van der Waals surface area contributed by atoms with Crippen LogP contribution in [0.3, 0.4) is 0 Å². The van der Waals surface area contributed by atoms with Crippen molar-refractivity contribution < 1.29 is 9.90 Å². The highest BCUT2D eigenvalue weighted by atomic mass is 16.4. The molecule has 1 saturated heterocycles. The Kier molecular flexibility index (Phi) is 3.26.